The summed E-state index contributed by atoms with van der Waals surface area (Å²) in [5.74, 6) is 0.935. The molecule has 2 aliphatic rings. The molecule has 0 radical (unpaired) electrons. The van der Waals surface area contributed by atoms with Gasteiger partial charge in [0, 0.05) is 0 Å². The van der Waals surface area contributed by atoms with Crippen LogP contribution in [0.5, 0.6) is 5.75 Å². The lowest BCUT2D eigenvalue weighted by atomic mass is 9.67. The van der Waals surface area contributed by atoms with E-state index in [1.807, 2.05) is 24.3 Å². The van der Waals surface area contributed by atoms with Gasteiger partial charge in [-0.15, -0.1) is 0 Å². The minimum absolute atomic E-state index is 0.232. The van der Waals surface area contributed by atoms with Crippen LogP contribution >= 0.6 is 0 Å². The van der Waals surface area contributed by atoms with E-state index in [0.717, 1.165) is 30.6 Å². The fraction of sp³-hybridized carbons (Fsp3) is 0.647. The Hall–Kier alpha value is -1.02. The molecule has 0 heterocycles. The Morgan fingerprint density at radius 1 is 1.11 bits per heavy atom. The van der Waals surface area contributed by atoms with Crippen LogP contribution in [0.3, 0.4) is 0 Å². The maximum absolute atomic E-state index is 10.9. The SMILES string of the molecule is CC1(C)CCCC(O)(c2ccc(OC3CC3)cc2)C1. The van der Waals surface area contributed by atoms with E-state index in [9.17, 15) is 5.11 Å². The number of hydrogen-bond donors (Lipinski definition) is 1. The van der Waals surface area contributed by atoms with Crippen molar-refractivity contribution in [1.29, 1.82) is 0 Å². The van der Waals surface area contributed by atoms with Crippen molar-refractivity contribution in [1.82, 2.24) is 0 Å². The third-order valence-electron chi connectivity index (χ3n) is 4.43. The Morgan fingerprint density at radius 3 is 2.37 bits per heavy atom. The summed E-state index contributed by atoms with van der Waals surface area (Å²) in [5, 5.41) is 10.9. The molecule has 0 amide bonds. The second kappa shape index (κ2) is 4.52. The van der Waals surface area contributed by atoms with Crippen molar-refractivity contribution < 1.29 is 9.84 Å². The quantitative estimate of drug-likeness (QED) is 0.889. The molecule has 2 fully saturated rings. The summed E-state index contributed by atoms with van der Waals surface area (Å²) < 4.78 is 5.76. The van der Waals surface area contributed by atoms with Gasteiger partial charge in [0.15, 0.2) is 0 Å². The zero-order valence-electron chi connectivity index (χ0n) is 12.0. The summed E-state index contributed by atoms with van der Waals surface area (Å²) >= 11 is 0. The first-order valence-corrected chi connectivity index (χ1v) is 7.47. The minimum atomic E-state index is -0.653. The lowest BCUT2D eigenvalue weighted by Crippen LogP contribution is -2.36. The van der Waals surface area contributed by atoms with Gasteiger partial charge in [0.05, 0.1) is 11.7 Å². The summed E-state index contributed by atoms with van der Waals surface area (Å²) in [7, 11) is 0. The molecule has 0 spiro atoms. The van der Waals surface area contributed by atoms with Gasteiger partial charge in [-0.05, 0) is 61.6 Å². The Bertz CT molecular complexity index is 445. The molecule has 0 saturated heterocycles. The van der Waals surface area contributed by atoms with Gasteiger partial charge in [-0.25, -0.2) is 0 Å². The molecule has 104 valence electrons. The van der Waals surface area contributed by atoms with Crippen molar-refractivity contribution in [3.63, 3.8) is 0 Å². The highest BCUT2D eigenvalue weighted by molar-refractivity contribution is 5.32. The van der Waals surface area contributed by atoms with Crippen LogP contribution in [0.2, 0.25) is 0 Å². The van der Waals surface area contributed by atoms with Crippen molar-refractivity contribution in [2.45, 2.75) is 64.1 Å². The number of rotatable bonds is 3. The van der Waals surface area contributed by atoms with Gasteiger partial charge in [-0.2, -0.15) is 0 Å². The molecule has 1 atom stereocenters. The number of ether oxygens (including phenoxy) is 1. The monoisotopic (exact) mass is 260 g/mol. The van der Waals surface area contributed by atoms with E-state index >= 15 is 0 Å². The molecule has 2 saturated carbocycles. The third-order valence-corrected chi connectivity index (χ3v) is 4.43. The number of benzene rings is 1. The Balaban J connectivity index is 1.76. The van der Waals surface area contributed by atoms with E-state index in [-0.39, 0.29) is 5.41 Å². The predicted molar refractivity (Wildman–Crippen MR) is 76.2 cm³/mol. The molecule has 1 unspecified atom stereocenters. The fourth-order valence-electron chi connectivity index (χ4n) is 3.30. The molecule has 1 aromatic rings. The third kappa shape index (κ3) is 2.94. The molecule has 2 nitrogen and oxygen atoms in total. The summed E-state index contributed by atoms with van der Waals surface area (Å²) in [4.78, 5) is 0. The summed E-state index contributed by atoms with van der Waals surface area (Å²) in [6.07, 6.45) is 6.83. The van der Waals surface area contributed by atoms with Gasteiger partial charge < -0.3 is 9.84 Å². The largest absolute Gasteiger partial charge is 0.490 e. The van der Waals surface area contributed by atoms with E-state index in [1.165, 1.54) is 19.3 Å². The Morgan fingerprint density at radius 2 is 1.79 bits per heavy atom. The van der Waals surface area contributed by atoms with Crippen molar-refractivity contribution in [2.24, 2.45) is 5.41 Å². The van der Waals surface area contributed by atoms with Crippen molar-refractivity contribution >= 4 is 0 Å². The van der Waals surface area contributed by atoms with Crippen molar-refractivity contribution in [3.8, 4) is 5.75 Å². The van der Waals surface area contributed by atoms with Crippen LogP contribution < -0.4 is 4.74 Å². The van der Waals surface area contributed by atoms with Gasteiger partial charge in [-0.3, -0.25) is 0 Å². The number of hydrogen-bond acceptors (Lipinski definition) is 2. The van der Waals surface area contributed by atoms with E-state index in [1.54, 1.807) is 0 Å². The summed E-state index contributed by atoms with van der Waals surface area (Å²) in [5.41, 5.74) is 0.624. The fourth-order valence-corrected chi connectivity index (χ4v) is 3.30. The molecule has 2 aliphatic carbocycles. The van der Waals surface area contributed by atoms with E-state index in [0.29, 0.717) is 6.10 Å². The zero-order chi connectivity index (χ0) is 13.5. The highest BCUT2D eigenvalue weighted by atomic mass is 16.5. The smallest absolute Gasteiger partial charge is 0.119 e. The van der Waals surface area contributed by atoms with Gasteiger partial charge >= 0.3 is 0 Å². The highest BCUT2D eigenvalue weighted by Crippen LogP contribution is 2.46. The van der Waals surface area contributed by atoms with Crippen LogP contribution in [0.25, 0.3) is 0 Å². The molecular weight excluding hydrogens is 236 g/mol. The van der Waals surface area contributed by atoms with Crippen molar-refractivity contribution in [2.75, 3.05) is 0 Å². The molecule has 19 heavy (non-hydrogen) atoms. The van der Waals surface area contributed by atoms with Crippen molar-refractivity contribution in [3.05, 3.63) is 29.8 Å². The van der Waals surface area contributed by atoms with Crippen LogP contribution in [-0.4, -0.2) is 11.2 Å². The van der Waals surface area contributed by atoms with E-state index < -0.39 is 5.60 Å². The van der Waals surface area contributed by atoms with Crippen LogP contribution in [0, 0.1) is 5.41 Å². The first-order chi connectivity index (χ1) is 8.97. The Kier molecular flexibility index (Phi) is 3.09. The maximum atomic E-state index is 10.9. The summed E-state index contributed by atoms with van der Waals surface area (Å²) in [6.45, 7) is 4.50. The highest BCUT2D eigenvalue weighted by Gasteiger charge is 2.39. The topological polar surface area (TPSA) is 29.5 Å². The molecule has 1 N–H and O–H groups in total. The van der Waals surface area contributed by atoms with Gasteiger partial charge in [-0.1, -0.05) is 26.0 Å². The molecule has 3 rings (SSSR count). The molecule has 0 bridgehead atoms. The van der Waals surface area contributed by atoms with E-state index in [4.69, 9.17) is 4.74 Å². The standard InChI is InChI=1S/C17H24O2/c1-16(2)10-3-11-17(18,12-16)13-4-6-14(7-5-13)19-15-8-9-15/h4-7,15,18H,3,8-12H2,1-2H3. The van der Waals surface area contributed by atoms with E-state index in [2.05, 4.69) is 13.8 Å². The summed E-state index contributed by atoms with van der Waals surface area (Å²) in [6, 6.07) is 8.10. The molecule has 0 aromatic heterocycles. The maximum Gasteiger partial charge on any atom is 0.119 e. The normalized spacial score (nSPS) is 30.1. The Labute approximate surface area is 115 Å². The zero-order valence-corrected chi connectivity index (χ0v) is 12.0. The predicted octanol–water partition coefficient (Wildman–Crippen LogP) is 4.02. The van der Waals surface area contributed by atoms with Gasteiger partial charge in [0.25, 0.3) is 0 Å². The minimum Gasteiger partial charge on any atom is -0.490 e. The van der Waals surface area contributed by atoms with Crippen LogP contribution in [0.4, 0.5) is 0 Å². The average molecular weight is 260 g/mol. The lowest BCUT2D eigenvalue weighted by Gasteiger charge is -2.42. The first kappa shape index (κ1) is 13.0. The molecule has 0 aliphatic heterocycles. The van der Waals surface area contributed by atoms with Crippen LogP contribution in [-0.2, 0) is 5.60 Å². The second-order valence-electron chi connectivity index (χ2n) is 7.07. The first-order valence-electron chi connectivity index (χ1n) is 7.47. The lowest BCUT2D eigenvalue weighted by molar-refractivity contribution is -0.0440. The van der Waals surface area contributed by atoms with Crippen LogP contribution in [0.15, 0.2) is 24.3 Å². The average Bonchev–Trinajstić information content (AvgIpc) is 3.12. The molecule has 1 aromatic carbocycles. The molecule has 2 heteroatoms. The molecular formula is C17H24O2. The number of aliphatic hydroxyl groups is 1. The van der Waals surface area contributed by atoms with Gasteiger partial charge in [0.2, 0.25) is 0 Å². The van der Waals surface area contributed by atoms with Crippen LogP contribution in [0.1, 0.15) is 57.9 Å². The van der Waals surface area contributed by atoms with Gasteiger partial charge in [0.1, 0.15) is 5.75 Å². The second-order valence-corrected chi connectivity index (χ2v) is 7.07.